The fourth-order valence-electron chi connectivity index (χ4n) is 2.95. The summed E-state index contributed by atoms with van der Waals surface area (Å²) < 4.78 is 5.29. The van der Waals surface area contributed by atoms with Crippen LogP contribution in [0.2, 0.25) is 0 Å². The molecule has 0 spiro atoms. The van der Waals surface area contributed by atoms with Crippen molar-refractivity contribution in [1.29, 1.82) is 0 Å². The Kier molecular flexibility index (Phi) is 7.23. The van der Waals surface area contributed by atoms with Crippen LogP contribution in [0.15, 0.2) is 24.3 Å². The highest BCUT2D eigenvalue weighted by atomic mass is 35.5. The summed E-state index contributed by atoms with van der Waals surface area (Å²) in [4.78, 5) is 24.4. The van der Waals surface area contributed by atoms with Gasteiger partial charge in [-0.1, -0.05) is 6.92 Å². The van der Waals surface area contributed by atoms with Gasteiger partial charge < -0.3 is 20.7 Å². The number of anilines is 1. The smallest absolute Gasteiger partial charge is 0.251 e. The van der Waals surface area contributed by atoms with Crippen LogP contribution >= 0.6 is 12.4 Å². The number of amides is 2. The molecule has 2 saturated heterocycles. The van der Waals surface area contributed by atoms with E-state index in [2.05, 4.69) is 16.0 Å². The van der Waals surface area contributed by atoms with E-state index < -0.39 is 0 Å². The second kappa shape index (κ2) is 9.17. The quantitative estimate of drug-likeness (QED) is 0.741. The van der Waals surface area contributed by atoms with Crippen LogP contribution in [0.25, 0.3) is 0 Å². The van der Waals surface area contributed by atoms with Crippen molar-refractivity contribution in [3.8, 4) is 0 Å². The van der Waals surface area contributed by atoms with Gasteiger partial charge in [-0.2, -0.15) is 0 Å². The van der Waals surface area contributed by atoms with Gasteiger partial charge in [-0.15, -0.1) is 12.4 Å². The van der Waals surface area contributed by atoms with Gasteiger partial charge in [0.25, 0.3) is 5.91 Å². The number of nitrogens with one attached hydrogen (secondary N) is 3. The molecule has 2 amide bonds. The van der Waals surface area contributed by atoms with Crippen LogP contribution in [-0.2, 0) is 9.53 Å². The molecule has 0 bridgehead atoms. The Balaban J connectivity index is 0.00000225. The molecule has 2 fully saturated rings. The van der Waals surface area contributed by atoms with Crippen LogP contribution in [0, 0.1) is 11.8 Å². The van der Waals surface area contributed by atoms with Crippen LogP contribution in [0.1, 0.15) is 30.1 Å². The summed E-state index contributed by atoms with van der Waals surface area (Å²) in [6.45, 7) is 5.16. The standard InChI is InChI=1S/C18H25N3O3.ClH/c1-12(14-10-19-11-14)17(22)20-15-4-2-13(3-5-15)18(23)21-16-6-8-24-9-7-16;/h2-5,12,14,16,19H,6-11H2,1H3,(H,20,22)(H,21,23);1H. The largest absolute Gasteiger partial charge is 0.381 e. The summed E-state index contributed by atoms with van der Waals surface area (Å²) in [5, 5.41) is 9.14. The van der Waals surface area contributed by atoms with E-state index in [1.165, 1.54) is 0 Å². The second-order valence-corrected chi connectivity index (χ2v) is 6.63. The molecule has 1 aromatic rings. The maximum absolute atomic E-state index is 12.2. The summed E-state index contributed by atoms with van der Waals surface area (Å²) in [5.41, 5.74) is 1.33. The van der Waals surface area contributed by atoms with Gasteiger partial charge in [0.1, 0.15) is 0 Å². The first-order chi connectivity index (χ1) is 11.6. The SMILES string of the molecule is CC(C(=O)Nc1ccc(C(=O)NC2CCOCC2)cc1)C1CNC1.Cl. The molecular formula is C18H26ClN3O3. The van der Waals surface area contributed by atoms with Gasteiger partial charge >= 0.3 is 0 Å². The van der Waals surface area contributed by atoms with Gasteiger partial charge in [0.15, 0.2) is 0 Å². The van der Waals surface area contributed by atoms with E-state index in [0.717, 1.165) is 31.6 Å². The van der Waals surface area contributed by atoms with E-state index in [-0.39, 0.29) is 36.2 Å². The number of carbonyl (C=O) groups is 2. The maximum Gasteiger partial charge on any atom is 0.251 e. The van der Waals surface area contributed by atoms with E-state index in [4.69, 9.17) is 4.74 Å². The first-order valence-electron chi connectivity index (χ1n) is 8.64. The zero-order valence-electron chi connectivity index (χ0n) is 14.4. The Morgan fingerprint density at radius 2 is 1.80 bits per heavy atom. The Morgan fingerprint density at radius 3 is 2.36 bits per heavy atom. The first kappa shape index (κ1) is 19.7. The molecule has 2 aliphatic heterocycles. The summed E-state index contributed by atoms with van der Waals surface area (Å²) in [6, 6.07) is 7.24. The van der Waals surface area contributed by atoms with Crippen molar-refractivity contribution < 1.29 is 14.3 Å². The number of carbonyl (C=O) groups excluding carboxylic acids is 2. The molecule has 1 atom stereocenters. The molecule has 6 nitrogen and oxygen atoms in total. The zero-order chi connectivity index (χ0) is 16.9. The lowest BCUT2D eigenvalue weighted by molar-refractivity contribution is -0.121. The molecule has 0 aliphatic carbocycles. The van der Waals surface area contributed by atoms with E-state index in [1.54, 1.807) is 24.3 Å². The van der Waals surface area contributed by atoms with E-state index in [1.807, 2.05) is 6.92 Å². The van der Waals surface area contributed by atoms with E-state index >= 15 is 0 Å². The normalized spacial score (nSPS) is 19.2. The zero-order valence-corrected chi connectivity index (χ0v) is 15.2. The van der Waals surface area contributed by atoms with Gasteiger partial charge in [-0.05, 0) is 56.1 Å². The van der Waals surface area contributed by atoms with Gasteiger partial charge in [0.05, 0.1) is 0 Å². The molecule has 0 saturated carbocycles. The maximum atomic E-state index is 12.2. The Hall–Kier alpha value is -1.63. The summed E-state index contributed by atoms with van der Waals surface area (Å²) in [5.74, 6) is 0.354. The van der Waals surface area contributed by atoms with Crippen molar-refractivity contribution in [3.05, 3.63) is 29.8 Å². The molecule has 2 aliphatic rings. The van der Waals surface area contributed by atoms with Crippen LogP contribution < -0.4 is 16.0 Å². The van der Waals surface area contributed by atoms with Crippen molar-refractivity contribution in [2.45, 2.75) is 25.8 Å². The number of hydrogen-bond acceptors (Lipinski definition) is 4. The topological polar surface area (TPSA) is 79.5 Å². The van der Waals surface area contributed by atoms with Crippen LogP contribution in [0.3, 0.4) is 0 Å². The average molecular weight is 368 g/mol. The van der Waals surface area contributed by atoms with Gasteiger partial charge in [0.2, 0.25) is 5.91 Å². The lowest BCUT2D eigenvalue weighted by atomic mass is 9.88. The molecule has 1 unspecified atom stereocenters. The highest BCUT2D eigenvalue weighted by Gasteiger charge is 2.28. The van der Waals surface area contributed by atoms with Crippen LogP contribution in [0.5, 0.6) is 0 Å². The lowest BCUT2D eigenvalue weighted by Crippen LogP contribution is -2.48. The van der Waals surface area contributed by atoms with Gasteiger partial charge in [-0.3, -0.25) is 9.59 Å². The number of rotatable bonds is 5. The minimum atomic E-state index is -0.0753. The third-order valence-electron chi connectivity index (χ3n) is 4.90. The first-order valence-corrected chi connectivity index (χ1v) is 8.64. The Labute approximate surface area is 154 Å². The number of ether oxygens (including phenoxy) is 1. The summed E-state index contributed by atoms with van der Waals surface area (Å²) >= 11 is 0. The molecule has 0 radical (unpaired) electrons. The third kappa shape index (κ3) is 5.17. The minimum absolute atomic E-state index is 0. The van der Waals surface area contributed by atoms with Crippen LogP contribution in [0.4, 0.5) is 5.69 Å². The molecule has 7 heteroatoms. The average Bonchev–Trinajstić information content (AvgIpc) is 2.54. The molecule has 3 rings (SSSR count). The highest BCUT2D eigenvalue weighted by Crippen LogP contribution is 2.19. The predicted molar refractivity (Wildman–Crippen MR) is 99.2 cm³/mol. The predicted octanol–water partition coefficient (Wildman–Crippen LogP) is 1.81. The molecular weight excluding hydrogens is 342 g/mol. The molecule has 3 N–H and O–H groups in total. The third-order valence-corrected chi connectivity index (χ3v) is 4.90. The lowest BCUT2D eigenvalue weighted by Gasteiger charge is -2.31. The van der Waals surface area contributed by atoms with E-state index in [9.17, 15) is 9.59 Å². The number of halogens is 1. The van der Waals surface area contributed by atoms with Crippen molar-refractivity contribution in [3.63, 3.8) is 0 Å². The Bertz CT molecular complexity index is 584. The number of hydrogen-bond donors (Lipinski definition) is 3. The summed E-state index contributed by atoms with van der Waals surface area (Å²) in [7, 11) is 0. The monoisotopic (exact) mass is 367 g/mol. The molecule has 138 valence electrons. The fraction of sp³-hybridized carbons (Fsp3) is 0.556. The highest BCUT2D eigenvalue weighted by molar-refractivity contribution is 5.96. The molecule has 0 aromatic heterocycles. The van der Waals surface area contributed by atoms with Crippen molar-refractivity contribution in [2.24, 2.45) is 11.8 Å². The van der Waals surface area contributed by atoms with E-state index in [0.29, 0.717) is 24.7 Å². The summed E-state index contributed by atoms with van der Waals surface area (Å²) in [6.07, 6.45) is 1.71. The molecule has 1 aromatic carbocycles. The van der Waals surface area contributed by atoms with Crippen LogP contribution in [-0.4, -0.2) is 44.2 Å². The van der Waals surface area contributed by atoms with Gasteiger partial charge in [0, 0.05) is 36.4 Å². The second-order valence-electron chi connectivity index (χ2n) is 6.63. The number of benzene rings is 1. The van der Waals surface area contributed by atoms with Crippen molar-refractivity contribution in [2.75, 3.05) is 31.6 Å². The molecule has 2 heterocycles. The minimum Gasteiger partial charge on any atom is -0.381 e. The fourth-order valence-corrected chi connectivity index (χ4v) is 2.95. The van der Waals surface area contributed by atoms with Crippen molar-refractivity contribution in [1.82, 2.24) is 10.6 Å². The molecule has 25 heavy (non-hydrogen) atoms. The Morgan fingerprint density at radius 1 is 1.16 bits per heavy atom. The van der Waals surface area contributed by atoms with Gasteiger partial charge in [-0.25, -0.2) is 0 Å². The van der Waals surface area contributed by atoms with Crippen molar-refractivity contribution >= 4 is 29.9 Å².